The van der Waals surface area contributed by atoms with Gasteiger partial charge in [0.25, 0.3) is 0 Å². The van der Waals surface area contributed by atoms with E-state index in [1.807, 2.05) is 13.8 Å². The second-order valence-corrected chi connectivity index (χ2v) is 4.27. The molecule has 0 bridgehead atoms. The highest BCUT2D eigenvalue weighted by molar-refractivity contribution is 9.10. The van der Waals surface area contributed by atoms with Gasteiger partial charge in [0.2, 0.25) is 0 Å². The fraction of sp³-hybridized carbons (Fsp3) is 0.400. The molecule has 0 radical (unpaired) electrons. The maximum absolute atomic E-state index is 13.5. The predicted molar refractivity (Wildman–Crippen MR) is 55.9 cm³/mol. The first-order valence-corrected chi connectivity index (χ1v) is 5.03. The Morgan fingerprint density at radius 1 is 1.38 bits per heavy atom. The summed E-state index contributed by atoms with van der Waals surface area (Å²) >= 11 is 3.13. The lowest BCUT2D eigenvalue weighted by Gasteiger charge is -2.16. The second kappa shape index (κ2) is 4.20. The normalized spacial score (nSPS) is 13.4. The molecule has 1 atom stereocenters. The Hall–Kier alpha value is -0.410. The molecule has 0 aliphatic heterocycles. The Labute approximate surface area is 86.3 Å². The van der Waals surface area contributed by atoms with Crippen molar-refractivity contribution in [2.24, 2.45) is 11.7 Å². The molecule has 0 heterocycles. The van der Waals surface area contributed by atoms with E-state index in [0.717, 1.165) is 0 Å². The molecule has 1 aromatic carbocycles. The largest absolute Gasteiger partial charge is 0.324 e. The van der Waals surface area contributed by atoms with Crippen LogP contribution in [0.3, 0.4) is 0 Å². The van der Waals surface area contributed by atoms with Crippen LogP contribution >= 0.6 is 15.9 Å². The molecule has 0 fully saturated rings. The van der Waals surface area contributed by atoms with E-state index in [9.17, 15) is 4.39 Å². The van der Waals surface area contributed by atoms with Crippen molar-refractivity contribution in [3.05, 3.63) is 34.1 Å². The molecule has 0 amide bonds. The van der Waals surface area contributed by atoms with Crippen molar-refractivity contribution in [2.45, 2.75) is 19.9 Å². The molecule has 3 heteroatoms. The van der Waals surface area contributed by atoms with E-state index >= 15 is 0 Å². The number of hydrogen-bond acceptors (Lipinski definition) is 1. The van der Waals surface area contributed by atoms with Crippen molar-refractivity contribution in [2.75, 3.05) is 0 Å². The van der Waals surface area contributed by atoms with Crippen molar-refractivity contribution < 1.29 is 4.39 Å². The molecule has 0 aliphatic rings. The van der Waals surface area contributed by atoms with Crippen molar-refractivity contribution in [1.29, 1.82) is 0 Å². The molecule has 1 nitrogen and oxygen atoms in total. The molecule has 2 N–H and O–H groups in total. The summed E-state index contributed by atoms with van der Waals surface area (Å²) in [4.78, 5) is 0. The van der Waals surface area contributed by atoms with E-state index < -0.39 is 0 Å². The third-order valence-corrected chi connectivity index (χ3v) is 2.67. The Morgan fingerprint density at radius 2 is 2.00 bits per heavy atom. The second-order valence-electron chi connectivity index (χ2n) is 3.41. The first kappa shape index (κ1) is 10.7. The first-order valence-electron chi connectivity index (χ1n) is 4.23. The van der Waals surface area contributed by atoms with Gasteiger partial charge in [-0.3, -0.25) is 0 Å². The number of halogens is 2. The molecule has 72 valence electrons. The zero-order chi connectivity index (χ0) is 10.0. The summed E-state index contributed by atoms with van der Waals surface area (Å²) in [5.74, 6) is -0.00694. The van der Waals surface area contributed by atoms with Gasteiger partial charge in [0.15, 0.2) is 0 Å². The number of benzene rings is 1. The molecular formula is C10H13BrFN. The summed E-state index contributed by atoms with van der Waals surface area (Å²) in [7, 11) is 0. The lowest BCUT2D eigenvalue weighted by atomic mass is 9.97. The maximum Gasteiger partial charge on any atom is 0.142 e. The Bertz CT molecular complexity index is 299. The minimum atomic E-state index is -0.247. The molecule has 0 saturated heterocycles. The highest BCUT2D eigenvalue weighted by Gasteiger charge is 2.15. The zero-order valence-electron chi connectivity index (χ0n) is 7.72. The Kier molecular flexibility index (Phi) is 3.45. The van der Waals surface area contributed by atoms with Crippen LogP contribution in [-0.2, 0) is 0 Å². The van der Waals surface area contributed by atoms with Gasteiger partial charge >= 0.3 is 0 Å². The lowest BCUT2D eigenvalue weighted by molar-refractivity contribution is 0.483. The van der Waals surface area contributed by atoms with Crippen LogP contribution in [0.4, 0.5) is 4.39 Å². The summed E-state index contributed by atoms with van der Waals surface area (Å²) in [6, 6.07) is 4.96. The summed E-state index contributed by atoms with van der Waals surface area (Å²) in [6.45, 7) is 3.95. The fourth-order valence-electron chi connectivity index (χ4n) is 1.14. The average Bonchev–Trinajstić information content (AvgIpc) is 2.08. The van der Waals surface area contributed by atoms with Gasteiger partial charge in [0, 0.05) is 11.6 Å². The number of hydrogen-bond donors (Lipinski definition) is 1. The average molecular weight is 246 g/mol. The molecule has 13 heavy (non-hydrogen) atoms. The number of rotatable bonds is 2. The molecular weight excluding hydrogens is 233 g/mol. The predicted octanol–water partition coefficient (Wildman–Crippen LogP) is 3.24. The fourth-order valence-corrected chi connectivity index (χ4v) is 1.52. The molecule has 0 aromatic heterocycles. The van der Waals surface area contributed by atoms with E-state index in [1.54, 1.807) is 18.2 Å². The summed E-state index contributed by atoms with van der Waals surface area (Å²) in [6.07, 6.45) is 0. The van der Waals surface area contributed by atoms with Gasteiger partial charge < -0.3 is 5.73 Å². The van der Waals surface area contributed by atoms with Gasteiger partial charge in [0.1, 0.15) is 5.82 Å². The van der Waals surface area contributed by atoms with E-state index in [4.69, 9.17) is 5.73 Å². The third-order valence-electron chi connectivity index (χ3n) is 2.06. The van der Waals surface area contributed by atoms with Gasteiger partial charge in [-0.1, -0.05) is 26.0 Å². The third kappa shape index (κ3) is 2.29. The SMILES string of the molecule is CC(C)[C@H](N)c1cccc(Br)c1F. The van der Waals surface area contributed by atoms with Gasteiger partial charge in [-0.2, -0.15) is 0 Å². The van der Waals surface area contributed by atoms with E-state index in [2.05, 4.69) is 15.9 Å². The number of nitrogens with two attached hydrogens (primary N) is 1. The van der Waals surface area contributed by atoms with Crippen molar-refractivity contribution >= 4 is 15.9 Å². The van der Waals surface area contributed by atoms with Gasteiger partial charge in [-0.15, -0.1) is 0 Å². The molecule has 0 spiro atoms. The van der Waals surface area contributed by atoms with Gasteiger partial charge in [-0.25, -0.2) is 4.39 Å². The quantitative estimate of drug-likeness (QED) is 0.851. The minimum Gasteiger partial charge on any atom is -0.324 e. The van der Waals surface area contributed by atoms with Crippen LogP contribution in [0.15, 0.2) is 22.7 Å². The smallest absolute Gasteiger partial charge is 0.142 e. The van der Waals surface area contributed by atoms with Crippen molar-refractivity contribution in [3.8, 4) is 0 Å². The molecule has 1 aromatic rings. The molecule has 0 unspecified atom stereocenters. The molecule has 0 aliphatic carbocycles. The molecule has 0 saturated carbocycles. The Morgan fingerprint density at radius 3 is 2.54 bits per heavy atom. The van der Waals surface area contributed by atoms with Crippen LogP contribution in [0.2, 0.25) is 0 Å². The van der Waals surface area contributed by atoms with Crippen LogP contribution in [-0.4, -0.2) is 0 Å². The highest BCUT2D eigenvalue weighted by Crippen LogP contribution is 2.26. The summed E-state index contributed by atoms with van der Waals surface area (Å²) < 4.78 is 14.0. The van der Waals surface area contributed by atoms with Crippen LogP contribution in [0.25, 0.3) is 0 Å². The highest BCUT2D eigenvalue weighted by atomic mass is 79.9. The van der Waals surface area contributed by atoms with E-state index in [0.29, 0.717) is 10.0 Å². The van der Waals surface area contributed by atoms with Crippen LogP contribution in [0, 0.1) is 11.7 Å². The van der Waals surface area contributed by atoms with E-state index in [-0.39, 0.29) is 17.8 Å². The summed E-state index contributed by atoms with van der Waals surface area (Å²) in [5.41, 5.74) is 6.42. The van der Waals surface area contributed by atoms with Crippen LogP contribution < -0.4 is 5.73 Å². The van der Waals surface area contributed by atoms with Gasteiger partial charge in [0.05, 0.1) is 4.47 Å². The summed E-state index contributed by atoms with van der Waals surface area (Å²) in [5, 5.41) is 0. The van der Waals surface area contributed by atoms with Gasteiger partial charge in [-0.05, 0) is 27.9 Å². The lowest BCUT2D eigenvalue weighted by Crippen LogP contribution is -2.18. The molecule has 1 rings (SSSR count). The minimum absolute atomic E-state index is 0.238. The van der Waals surface area contributed by atoms with Crippen molar-refractivity contribution in [1.82, 2.24) is 0 Å². The standard InChI is InChI=1S/C10H13BrFN/c1-6(2)10(13)7-4-3-5-8(11)9(7)12/h3-6,10H,13H2,1-2H3/t10-/m0/s1. The zero-order valence-corrected chi connectivity index (χ0v) is 9.31. The monoisotopic (exact) mass is 245 g/mol. The maximum atomic E-state index is 13.5. The van der Waals surface area contributed by atoms with Crippen molar-refractivity contribution in [3.63, 3.8) is 0 Å². The Balaban J connectivity index is 3.07. The van der Waals surface area contributed by atoms with Crippen LogP contribution in [0.5, 0.6) is 0 Å². The van der Waals surface area contributed by atoms with E-state index in [1.165, 1.54) is 0 Å². The topological polar surface area (TPSA) is 26.0 Å². The first-order chi connectivity index (χ1) is 6.04. The van der Waals surface area contributed by atoms with Crippen LogP contribution in [0.1, 0.15) is 25.5 Å².